The average molecular weight is 421 g/mol. The van der Waals surface area contributed by atoms with Crippen molar-refractivity contribution in [3.05, 3.63) is 57.0 Å². The molecule has 2 aromatic carbocycles. The normalized spacial score (nSPS) is 12.4. The third-order valence-corrected chi connectivity index (χ3v) is 4.54. The summed E-state index contributed by atoms with van der Waals surface area (Å²) in [6.07, 6.45) is 2.68. The summed E-state index contributed by atoms with van der Waals surface area (Å²) in [6.45, 7) is 4.02. The Balaban J connectivity index is 2.43. The molecule has 0 aromatic heterocycles. The number of rotatable bonds is 6. The Labute approximate surface area is 162 Å². The molecule has 0 bridgehead atoms. The summed E-state index contributed by atoms with van der Waals surface area (Å²) in [5, 5.41) is 9.95. The summed E-state index contributed by atoms with van der Waals surface area (Å²) in [5.74, 6) is 1.07. The summed E-state index contributed by atoms with van der Waals surface area (Å²) >= 11 is 9.78. The van der Waals surface area contributed by atoms with Gasteiger partial charge in [0.25, 0.3) is 0 Å². The number of ether oxygens (including phenoxy) is 2. The Kier molecular flexibility index (Phi) is 6.92. The largest absolute Gasteiger partial charge is 0.493 e. The van der Waals surface area contributed by atoms with Crippen molar-refractivity contribution in [2.75, 3.05) is 7.11 Å². The lowest BCUT2D eigenvalue weighted by Crippen LogP contribution is -2.11. The van der Waals surface area contributed by atoms with Gasteiger partial charge in [0, 0.05) is 4.47 Å². The number of nitrogens with zero attached hydrogens (tertiary/aromatic N) is 1. The summed E-state index contributed by atoms with van der Waals surface area (Å²) in [7, 11) is 1.57. The van der Waals surface area contributed by atoms with E-state index in [0.717, 1.165) is 22.0 Å². The van der Waals surface area contributed by atoms with Crippen LogP contribution in [0.5, 0.6) is 11.5 Å². The Bertz CT molecular complexity index is 810. The number of methoxy groups -OCH3 is 1. The van der Waals surface area contributed by atoms with Crippen LogP contribution in [-0.4, -0.2) is 13.2 Å². The van der Waals surface area contributed by atoms with Gasteiger partial charge in [0.15, 0.2) is 11.5 Å². The highest BCUT2D eigenvalue weighted by atomic mass is 79.9. The van der Waals surface area contributed by atoms with Crippen LogP contribution < -0.4 is 9.47 Å². The van der Waals surface area contributed by atoms with Crippen molar-refractivity contribution in [3.63, 3.8) is 0 Å². The molecule has 0 unspecified atom stereocenters. The molecule has 0 amide bonds. The molecule has 0 spiro atoms. The van der Waals surface area contributed by atoms with Gasteiger partial charge in [0.05, 0.1) is 29.9 Å². The van der Waals surface area contributed by atoms with E-state index in [0.29, 0.717) is 22.1 Å². The number of benzene rings is 2. The van der Waals surface area contributed by atoms with Crippen molar-refractivity contribution in [1.29, 1.82) is 5.26 Å². The van der Waals surface area contributed by atoms with Gasteiger partial charge in [-0.25, -0.2) is 0 Å². The van der Waals surface area contributed by atoms with Crippen LogP contribution in [0.1, 0.15) is 31.4 Å². The zero-order valence-electron chi connectivity index (χ0n) is 14.3. The van der Waals surface area contributed by atoms with Crippen molar-refractivity contribution >= 4 is 39.2 Å². The molecule has 0 aliphatic heterocycles. The lowest BCUT2D eigenvalue weighted by molar-refractivity contribution is 0.208. The van der Waals surface area contributed by atoms with Crippen LogP contribution in [0, 0.1) is 11.3 Å². The minimum atomic E-state index is 0.0326. The lowest BCUT2D eigenvalue weighted by Gasteiger charge is -2.17. The molecular formula is C20H19BrClNO2. The maximum atomic E-state index is 9.49. The summed E-state index contributed by atoms with van der Waals surface area (Å²) in [4.78, 5) is 0. The Morgan fingerprint density at radius 2 is 2.00 bits per heavy atom. The first-order valence-electron chi connectivity index (χ1n) is 7.90. The fourth-order valence-electron chi connectivity index (χ4n) is 2.20. The van der Waals surface area contributed by atoms with E-state index in [2.05, 4.69) is 22.0 Å². The standard InChI is InChI=1S/C20H19BrClNO2/c1-4-13(2)25-20-18(22)10-14(11-19(20)24-3)9-16(12-23)15-5-7-17(21)8-6-15/h5-11,13H,4H2,1-3H3/b16-9+/t13-/m0/s1. The van der Waals surface area contributed by atoms with Gasteiger partial charge < -0.3 is 9.47 Å². The Morgan fingerprint density at radius 1 is 1.32 bits per heavy atom. The number of allylic oxidation sites excluding steroid dienone is 1. The highest BCUT2D eigenvalue weighted by Crippen LogP contribution is 2.38. The van der Waals surface area contributed by atoms with Gasteiger partial charge in [-0.2, -0.15) is 5.26 Å². The number of hydrogen-bond acceptors (Lipinski definition) is 3. The molecule has 130 valence electrons. The molecule has 2 aromatic rings. The second-order valence-electron chi connectivity index (χ2n) is 5.55. The molecule has 5 heteroatoms. The maximum Gasteiger partial charge on any atom is 0.180 e. The molecule has 2 rings (SSSR count). The van der Waals surface area contributed by atoms with Crippen LogP contribution >= 0.6 is 27.5 Å². The van der Waals surface area contributed by atoms with E-state index in [1.807, 2.05) is 44.2 Å². The minimum Gasteiger partial charge on any atom is -0.493 e. The molecule has 3 nitrogen and oxygen atoms in total. The third kappa shape index (κ3) is 5.01. The van der Waals surface area contributed by atoms with Gasteiger partial charge in [-0.05, 0) is 54.8 Å². The second kappa shape index (κ2) is 8.94. The summed E-state index contributed by atoms with van der Waals surface area (Å²) in [5.41, 5.74) is 2.15. The Hall–Kier alpha value is -1.96. The van der Waals surface area contributed by atoms with E-state index in [4.69, 9.17) is 21.1 Å². The van der Waals surface area contributed by atoms with Crippen LogP contribution in [0.25, 0.3) is 11.6 Å². The van der Waals surface area contributed by atoms with Gasteiger partial charge in [0.2, 0.25) is 0 Å². The zero-order valence-corrected chi connectivity index (χ0v) is 16.7. The van der Waals surface area contributed by atoms with Crippen molar-refractivity contribution in [3.8, 4) is 17.6 Å². The molecule has 0 saturated carbocycles. The zero-order chi connectivity index (χ0) is 18.4. The molecule has 25 heavy (non-hydrogen) atoms. The van der Waals surface area contributed by atoms with Crippen LogP contribution in [0.15, 0.2) is 40.9 Å². The van der Waals surface area contributed by atoms with E-state index in [1.54, 1.807) is 19.3 Å². The van der Waals surface area contributed by atoms with E-state index in [-0.39, 0.29) is 6.10 Å². The molecule has 0 fully saturated rings. The topological polar surface area (TPSA) is 42.2 Å². The predicted molar refractivity (Wildman–Crippen MR) is 106 cm³/mol. The monoisotopic (exact) mass is 419 g/mol. The highest BCUT2D eigenvalue weighted by molar-refractivity contribution is 9.10. The quantitative estimate of drug-likeness (QED) is 0.404. The van der Waals surface area contributed by atoms with Gasteiger partial charge in [0.1, 0.15) is 0 Å². The van der Waals surface area contributed by atoms with Gasteiger partial charge in [-0.1, -0.05) is 46.6 Å². The van der Waals surface area contributed by atoms with Crippen molar-refractivity contribution in [2.45, 2.75) is 26.4 Å². The van der Waals surface area contributed by atoms with E-state index < -0.39 is 0 Å². The number of nitriles is 1. The van der Waals surface area contributed by atoms with E-state index in [9.17, 15) is 5.26 Å². The van der Waals surface area contributed by atoms with Gasteiger partial charge in [-0.3, -0.25) is 0 Å². The number of hydrogen-bond donors (Lipinski definition) is 0. The highest BCUT2D eigenvalue weighted by Gasteiger charge is 2.14. The molecule has 0 N–H and O–H groups in total. The molecule has 0 saturated heterocycles. The predicted octanol–water partition coefficient (Wildman–Crippen LogP) is 6.35. The number of halogens is 2. The lowest BCUT2D eigenvalue weighted by atomic mass is 10.0. The molecule has 1 atom stereocenters. The van der Waals surface area contributed by atoms with E-state index >= 15 is 0 Å². The molecule has 0 heterocycles. The first kappa shape index (κ1) is 19.4. The van der Waals surface area contributed by atoms with Crippen molar-refractivity contribution in [1.82, 2.24) is 0 Å². The summed E-state index contributed by atoms with van der Waals surface area (Å²) in [6, 6.07) is 13.4. The first-order valence-corrected chi connectivity index (χ1v) is 9.07. The molecular weight excluding hydrogens is 402 g/mol. The minimum absolute atomic E-state index is 0.0326. The van der Waals surface area contributed by atoms with Gasteiger partial charge in [-0.15, -0.1) is 0 Å². The smallest absolute Gasteiger partial charge is 0.180 e. The molecule has 0 aliphatic carbocycles. The molecule has 0 radical (unpaired) electrons. The summed E-state index contributed by atoms with van der Waals surface area (Å²) < 4.78 is 12.2. The molecule has 0 aliphatic rings. The maximum absolute atomic E-state index is 9.49. The second-order valence-corrected chi connectivity index (χ2v) is 6.87. The van der Waals surface area contributed by atoms with Crippen LogP contribution in [0.3, 0.4) is 0 Å². The van der Waals surface area contributed by atoms with E-state index in [1.165, 1.54) is 0 Å². The van der Waals surface area contributed by atoms with Crippen molar-refractivity contribution in [2.24, 2.45) is 0 Å². The fourth-order valence-corrected chi connectivity index (χ4v) is 2.73. The third-order valence-electron chi connectivity index (χ3n) is 3.73. The van der Waals surface area contributed by atoms with Crippen LogP contribution in [0.2, 0.25) is 5.02 Å². The Morgan fingerprint density at radius 3 is 2.56 bits per heavy atom. The van der Waals surface area contributed by atoms with Gasteiger partial charge >= 0.3 is 0 Å². The van der Waals surface area contributed by atoms with Crippen LogP contribution in [-0.2, 0) is 0 Å². The van der Waals surface area contributed by atoms with Crippen LogP contribution in [0.4, 0.5) is 0 Å². The average Bonchev–Trinajstić information content (AvgIpc) is 2.62. The fraction of sp³-hybridized carbons (Fsp3) is 0.250. The van der Waals surface area contributed by atoms with Crippen molar-refractivity contribution < 1.29 is 9.47 Å². The SMILES string of the molecule is CC[C@H](C)Oc1c(Cl)cc(/C=C(\C#N)c2ccc(Br)cc2)cc1OC. The first-order chi connectivity index (χ1) is 12.0.